The van der Waals surface area contributed by atoms with E-state index in [0.29, 0.717) is 6.42 Å². The van der Waals surface area contributed by atoms with Crippen LogP contribution < -0.4 is 27.5 Å². The number of carbonyl (C=O) groups is 2. The van der Waals surface area contributed by atoms with Crippen LogP contribution in [-0.4, -0.2) is 57.0 Å². The minimum Gasteiger partial charge on any atom is -0.370 e. The molecule has 0 aromatic rings. The van der Waals surface area contributed by atoms with Crippen molar-refractivity contribution in [3.8, 4) is 0 Å². The molecule has 0 rings (SSSR count). The van der Waals surface area contributed by atoms with E-state index in [0.717, 1.165) is 6.92 Å². The number of aliphatic imine (C=N–C) groups is 1. The fourth-order valence-electron chi connectivity index (χ4n) is 2.11. The smallest absolute Gasteiger partial charge is 0.347 e. The summed E-state index contributed by atoms with van der Waals surface area (Å²) in [6.45, 7) is 3.02. The van der Waals surface area contributed by atoms with Crippen LogP contribution in [0, 0.1) is 10.1 Å². The Kier molecular flexibility index (Phi) is 11.0. The molecule has 0 fully saturated rings. The zero-order chi connectivity index (χ0) is 21.9. The van der Waals surface area contributed by atoms with Gasteiger partial charge in [0.1, 0.15) is 11.8 Å². The van der Waals surface area contributed by atoms with Crippen molar-refractivity contribution in [2.24, 2.45) is 16.5 Å². The molecular formula is C13H28N7O7P. The van der Waals surface area contributed by atoms with Crippen LogP contribution in [0.2, 0.25) is 0 Å². The number of nitrogens with one attached hydrogen (secondary N) is 3. The number of guanidine groups is 1. The molecule has 15 heteroatoms. The first-order valence-electron chi connectivity index (χ1n) is 8.50. The molecule has 0 aromatic carbocycles. The summed E-state index contributed by atoms with van der Waals surface area (Å²) < 4.78 is 11.2. The summed E-state index contributed by atoms with van der Waals surface area (Å²) in [5, 5.41) is 14.4. The summed E-state index contributed by atoms with van der Waals surface area (Å²) in [6.07, 6.45) is 0.921. The number of hydrazine groups is 1. The van der Waals surface area contributed by atoms with Gasteiger partial charge in [-0.15, -0.1) is 5.43 Å². The van der Waals surface area contributed by atoms with Crippen LogP contribution in [0.4, 0.5) is 0 Å². The Bertz CT molecular complexity index is 620. The van der Waals surface area contributed by atoms with Crippen molar-refractivity contribution < 1.29 is 29.0 Å². The average molecular weight is 425 g/mol. The Hall–Kier alpha value is -2.44. The van der Waals surface area contributed by atoms with Crippen molar-refractivity contribution in [3.05, 3.63) is 10.1 Å². The summed E-state index contributed by atoms with van der Waals surface area (Å²) in [7, 11) is -4.55. The molecule has 0 saturated carbocycles. The van der Waals surface area contributed by atoms with Crippen molar-refractivity contribution in [1.82, 2.24) is 16.1 Å². The zero-order valence-electron chi connectivity index (χ0n) is 15.7. The van der Waals surface area contributed by atoms with Gasteiger partial charge in [-0.3, -0.25) is 19.1 Å². The third-order valence-electron chi connectivity index (χ3n) is 3.59. The van der Waals surface area contributed by atoms with Gasteiger partial charge in [-0.1, -0.05) is 13.3 Å². The highest BCUT2D eigenvalue weighted by Gasteiger charge is 2.31. The maximum Gasteiger partial charge on any atom is 0.347 e. The molecule has 0 radical (unpaired) electrons. The number of nitro groups is 1. The summed E-state index contributed by atoms with van der Waals surface area (Å²) in [5.74, 6) is -3.20. The molecule has 0 aliphatic carbocycles. The molecule has 1 unspecified atom stereocenters. The first-order chi connectivity index (χ1) is 12.9. The second kappa shape index (κ2) is 12.1. The van der Waals surface area contributed by atoms with E-state index in [1.807, 2.05) is 5.43 Å². The standard InChI is InChI=1S/C13H28N7O7P/c1-3-5-9(11(21)17-8(2)28(25,26)27)18-12(22)10(19-20(23)24)6-4-7-16-13(14)15/h8-10,19H,3-7H2,1-2H3,(H,17,21)(H,18,22)(H4,14,15,16)(H2,25,26,27)/t8-,9+,10?/m1/s1. The summed E-state index contributed by atoms with van der Waals surface area (Å²) in [4.78, 5) is 57.2. The highest BCUT2D eigenvalue weighted by Crippen LogP contribution is 2.39. The topological polar surface area (TPSA) is 235 Å². The van der Waals surface area contributed by atoms with Gasteiger partial charge in [-0.05, 0) is 26.2 Å². The molecule has 0 spiro atoms. The third-order valence-corrected chi connectivity index (χ3v) is 4.73. The summed E-state index contributed by atoms with van der Waals surface area (Å²) >= 11 is 0. The third kappa shape index (κ3) is 10.6. The highest BCUT2D eigenvalue weighted by molar-refractivity contribution is 7.52. The fraction of sp³-hybridized carbons (Fsp3) is 0.769. The minimum absolute atomic E-state index is 0.0168. The molecule has 0 saturated heterocycles. The molecular weight excluding hydrogens is 397 g/mol. The molecule has 14 nitrogen and oxygen atoms in total. The number of rotatable bonds is 13. The lowest BCUT2D eigenvalue weighted by atomic mass is 10.1. The molecule has 2 amide bonds. The second-order valence-corrected chi connectivity index (χ2v) is 7.96. The fourth-order valence-corrected chi connectivity index (χ4v) is 2.40. The first-order valence-corrected chi connectivity index (χ1v) is 10.2. The maximum atomic E-state index is 12.4. The van der Waals surface area contributed by atoms with Crippen molar-refractivity contribution in [3.63, 3.8) is 0 Å². The van der Waals surface area contributed by atoms with E-state index in [9.17, 15) is 24.3 Å². The lowest BCUT2D eigenvalue weighted by Gasteiger charge is -2.23. The number of amides is 2. The summed E-state index contributed by atoms with van der Waals surface area (Å²) in [5.41, 5.74) is 12.2. The van der Waals surface area contributed by atoms with Gasteiger partial charge in [-0.2, -0.15) is 0 Å². The normalized spacial score (nSPS) is 14.3. The van der Waals surface area contributed by atoms with Crippen molar-refractivity contribution in [2.75, 3.05) is 6.54 Å². The number of hydrogen-bond donors (Lipinski definition) is 7. The van der Waals surface area contributed by atoms with Gasteiger partial charge in [0.25, 0.3) is 0 Å². The van der Waals surface area contributed by atoms with Crippen LogP contribution >= 0.6 is 7.60 Å². The van der Waals surface area contributed by atoms with Crippen LogP contribution in [-0.2, 0) is 14.2 Å². The average Bonchev–Trinajstić information content (AvgIpc) is 2.55. The Morgan fingerprint density at radius 3 is 2.21 bits per heavy atom. The molecule has 0 bridgehead atoms. The van der Waals surface area contributed by atoms with Gasteiger partial charge in [0, 0.05) is 6.54 Å². The number of carbonyl (C=O) groups excluding carboxylic acids is 2. The van der Waals surface area contributed by atoms with E-state index in [1.165, 1.54) is 0 Å². The molecule has 0 aromatic heterocycles. The van der Waals surface area contributed by atoms with Gasteiger partial charge in [-0.25, -0.2) is 10.1 Å². The quantitative estimate of drug-likeness (QED) is 0.0432. The van der Waals surface area contributed by atoms with Gasteiger partial charge in [0.2, 0.25) is 11.8 Å². The minimum atomic E-state index is -4.55. The molecule has 3 atom stereocenters. The van der Waals surface area contributed by atoms with Gasteiger partial charge in [0.05, 0.1) is 0 Å². The SMILES string of the molecule is CCC[C@H](NC(=O)C(CCCN=C(N)N)N[N+](=O)[O-])C(=O)N[C@@H](C)P(=O)(O)O. The van der Waals surface area contributed by atoms with Gasteiger partial charge >= 0.3 is 7.60 Å². The first kappa shape index (κ1) is 25.6. The molecule has 162 valence electrons. The Balaban J connectivity index is 5.05. The van der Waals surface area contributed by atoms with Crippen LogP contribution in [0.1, 0.15) is 39.5 Å². The predicted octanol–water partition coefficient (Wildman–Crippen LogP) is -1.89. The van der Waals surface area contributed by atoms with E-state index in [-0.39, 0.29) is 31.8 Å². The largest absolute Gasteiger partial charge is 0.370 e. The Morgan fingerprint density at radius 2 is 1.75 bits per heavy atom. The molecule has 28 heavy (non-hydrogen) atoms. The molecule has 0 aliphatic heterocycles. The lowest BCUT2D eigenvalue weighted by Crippen LogP contribution is -2.54. The van der Waals surface area contributed by atoms with Crippen molar-refractivity contribution in [2.45, 2.75) is 57.4 Å². The van der Waals surface area contributed by atoms with Gasteiger partial charge < -0.3 is 31.9 Å². The van der Waals surface area contributed by atoms with Gasteiger partial charge in [0.15, 0.2) is 17.0 Å². The van der Waals surface area contributed by atoms with Crippen LogP contribution in [0.25, 0.3) is 0 Å². The van der Waals surface area contributed by atoms with Crippen molar-refractivity contribution in [1.29, 1.82) is 0 Å². The lowest BCUT2D eigenvalue weighted by molar-refractivity contribution is -0.548. The van der Waals surface area contributed by atoms with Crippen LogP contribution in [0.15, 0.2) is 4.99 Å². The Morgan fingerprint density at radius 1 is 1.18 bits per heavy atom. The molecule has 0 aliphatic rings. The predicted molar refractivity (Wildman–Crippen MR) is 100 cm³/mol. The monoisotopic (exact) mass is 425 g/mol. The van der Waals surface area contributed by atoms with Crippen molar-refractivity contribution >= 4 is 25.4 Å². The van der Waals surface area contributed by atoms with E-state index in [1.54, 1.807) is 6.92 Å². The number of nitrogens with zero attached hydrogens (tertiary/aromatic N) is 2. The zero-order valence-corrected chi connectivity index (χ0v) is 16.6. The molecule has 0 heterocycles. The number of nitrogens with two attached hydrogens (primary N) is 2. The maximum absolute atomic E-state index is 12.4. The van der Waals surface area contributed by atoms with Crippen LogP contribution in [0.3, 0.4) is 0 Å². The van der Waals surface area contributed by atoms with E-state index >= 15 is 0 Å². The number of hydrogen-bond acceptors (Lipinski definition) is 6. The van der Waals surface area contributed by atoms with E-state index < -0.39 is 42.3 Å². The van der Waals surface area contributed by atoms with E-state index in [4.69, 9.17) is 21.3 Å². The summed E-state index contributed by atoms with van der Waals surface area (Å²) in [6, 6.07) is -2.36. The Labute approximate surface area is 161 Å². The second-order valence-electron chi connectivity index (χ2n) is 6.01. The van der Waals surface area contributed by atoms with Crippen LogP contribution in [0.5, 0.6) is 0 Å². The highest BCUT2D eigenvalue weighted by atomic mass is 31.2. The van der Waals surface area contributed by atoms with E-state index in [2.05, 4.69) is 15.6 Å². The molecule has 9 N–H and O–H groups in total.